The summed E-state index contributed by atoms with van der Waals surface area (Å²) in [5.74, 6) is -0.0765. The third-order valence-electron chi connectivity index (χ3n) is 3.26. The van der Waals surface area contributed by atoms with Gasteiger partial charge in [-0.1, -0.05) is 13.3 Å². The van der Waals surface area contributed by atoms with Crippen molar-refractivity contribution in [3.8, 4) is 0 Å². The van der Waals surface area contributed by atoms with Crippen molar-refractivity contribution in [3.63, 3.8) is 0 Å². The molecule has 1 rings (SSSR count). The number of nitrogens with one attached hydrogen (secondary N) is 1. The van der Waals surface area contributed by atoms with Crippen LogP contribution in [0.1, 0.15) is 39.0 Å². The monoisotopic (exact) mass is 327 g/mol. The molecule has 1 aliphatic heterocycles. The summed E-state index contributed by atoms with van der Waals surface area (Å²) in [5.41, 5.74) is 5.37. The predicted octanol–water partition coefficient (Wildman–Crippen LogP) is 0.468. The summed E-state index contributed by atoms with van der Waals surface area (Å²) in [5, 5.41) is 2.77. The molecule has 1 atom stereocenters. The van der Waals surface area contributed by atoms with E-state index in [9.17, 15) is 13.2 Å². The molecule has 6 nitrogen and oxygen atoms in total. The van der Waals surface area contributed by atoms with Crippen molar-refractivity contribution in [3.05, 3.63) is 0 Å². The molecule has 1 unspecified atom stereocenters. The SMILES string of the molecule is CCCS(=O)(=O)N1CCCCC1C(=O)NCCCN.Cl. The Kier molecular flexibility index (Phi) is 9.37. The Morgan fingerprint density at radius 3 is 2.70 bits per heavy atom. The van der Waals surface area contributed by atoms with Gasteiger partial charge in [-0.25, -0.2) is 8.42 Å². The van der Waals surface area contributed by atoms with E-state index < -0.39 is 16.1 Å². The summed E-state index contributed by atoms with van der Waals surface area (Å²) in [6, 6.07) is -0.539. The number of rotatable bonds is 7. The molecule has 0 saturated carbocycles. The molecule has 120 valence electrons. The van der Waals surface area contributed by atoms with Crippen molar-refractivity contribution in [2.24, 2.45) is 5.73 Å². The quantitative estimate of drug-likeness (QED) is 0.665. The van der Waals surface area contributed by atoms with Crippen LogP contribution < -0.4 is 11.1 Å². The molecule has 0 aromatic carbocycles. The normalized spacial score (nSPS) is 20.2. The lowest BCUT2D eigenvalue weighted by molar-refractivity contribution is -0.125. The number of nitrogens with zero attached hydrogens (tertiary/aromatic N) is 1. The number of halogens is 1. The van der Waals surface area contributed by atoms with Gasteiger partial charge in [0, 0.05) is 13.1 Å². The first-order valence-corrected chi connectivity index (χ1v) is 8.61. The molecular formula is C12H26ClN3O3S. The van der Waals surface area contributed by atoms with Crippen molar-refractivity contribution in [2.45, 2.75) is 45.1 Å². The van der Waals surface area contributed by atoms with Crippen molar-refractivity contribution in [1.82, 2.24) is 9.62 Å². The average Bonchev–Trinajstić information content (AvgIpc) is 2.39. The summed E-state index contributed by atoms with van der Waals surface area (Å²) >= 11 is 0. The molecular weight excluding hydrogens is 302 g/mol. The van der Waals surface area contributed by atoms with Gasteiger partial charge in [0.15, 0.2) is 0 Å². The fraction of sp³-hybridized carbons (Fsp3) is 0.917. The maximum absolute atomic E-state index is 12.2. The highest BCUT2D eigenvalue weighted by Gasteiger charge is 2.35. The van der Waals surface area contributed by atoms with E-state index in [1.165, 1.54) is 4.31 Å². The molecule has 1 amide bonds. The van der Waals surface area contributed by atoms with Crippen LogP contribution in [0.15, 0.2) is 0 Å². The summed E-state index contributed by atoms with van der Waals surface area (Å²) < 4.78 is 25.7. The zero-order chi connectivity index (χ0) is 14.3. The molecule has 0 radical (unpaired) electrons. The summed E-state index contributed by atoms with van der Waals surface area (Å²) in [4.78, 5) is 12.1. The van der Waals surface area contributed by atoms with Gasteiger partial charge >= 0.3 is 0 Å². The zero-order valence-electron chi connectivity index (χ0n) is 12.0. The minimum absolute atomic E-state index is 0. The van der Waals surface area contributed by atoms with Crippen molar-refractivity contribution in [2.75, 3.05) is 25.4 Å². The molecule has 1 fully saturated rings. The fourth-order valence-corrected chi connectivity index (χ4v) is 4.05. The standard InChI is InChI=1S/C12H25N3O3S.ClH/c1-2-10-19(17,18)15-9-4-3-6-11(15)12(16)14-8-5-7-13;/h11H,2-10,13H2,1H3,(H,14,16);1H. The second kappa shape index (κ2) is 9.55. The lowest BCUT2D eigenvalue weighted by Gasteiger charge is -2.33. The maximum atomic E-state index is 12.2. The molecule has 3 N–H and O–H groups in total. The highest BCUT2D eigenvalue weighted by Crippen LogP contribution is 2.21. The Labute approximate surface area is 127 Å². The van der Waals surface area contributed by atoms with Gasteiger partial charge in [0.2, 0.25) is 15.9 Å². The first kappa shape index (κ1) is 19.6. The highest BCUT2D eigenvalue weighted by atomic mass is 35.5. The molecule has 20 heavy (non-hydrogen) atoms. The summed E-state index contributed by atoms with van der Waals surface area (Å²) in [6.45, 7) is 3.31. The van der Waals surface area contributed by atoms with E-state index in [1.54, 1.807) is 0 Å². The Morgan fingerprint density at radius 1 is 1.40 bits per heavy atom. The largest absolute Gasteiger partial charge is 0.355 e. The first-order chi connectivity index (χ1) is 9.03. The van der Waals surface area contributed by atoms with Crippen molar-refractivity contribution >= 4 is 28.3 Å². The number of hydrogen-bond donors (Lipinski definition) is 2. The van der Waals surface area contributed by atoms with Crippen LogP contribution in [0, 0.1) is 0 Å². The third-order valence-corrected chi connectivity index (χ3v) is 5.33. The number of nitrogens with two attached hydrogens (primary N) is 1. The maximum Gasteiger partial charge on any atom is 0.238 e. The van der Waals surface area contributed by atoms with E-state index in [1.807, 2.05) is 6.92 Å². The summed E-state index contributed by atoms with van der Waals surface area (Å²) in [7, 11) is -3.31. The third kappa shape index (κ3) is 5.55. The smallest absolute Gasteiger partial charge is 0.238 e. The first-order valence-electron chi connectivity index (χ1n) is 7.00. The van der Waals surface area contributed by atoms with E-state index >= 15 is 0 Å². The Morgan fingerprint density at radius 2 is 2.10 bits per heavy atom. The second-order valence-corrected chi connectivity index (χ2v) is 6.91. The molecule has 0 aromatic heterocycles. The molecule has 0 spiro atoms. The fourth-order valence-electron chi connectivity index (χ4n) is 2.31. The van der Waals surface area contributed by atoms with Gasteiger partial charge in [-0.2, -0.15) is 4.31 Å². The number of sulfonamides is 1. The molecule has 0 aromatic rings. The topological polar surface area (TPSA) is 92.5 Å². The molecule has 1 aliphatic rings. The minimum atomic E-state index is -3.31. The Bertz CT molecular complexity index is 389. The van der Waals surface area contributed by atoms with Crippen molar-refractivity contribution in [1.29, 1.82) is 0 Å². The molecule has 0 aliphatic carbocycles. The van der Waals surface area contributed by atoms with Crippen LogP contribution >= 0.6 is 12.4 Å². The predicted molar refractivity (Wildman–Crippen MR) is 82.4 cm³/mol. The van der Waals surface area contributed by atoms with E-state index in [2.05, 4.69) is 5.32 Å². The Hall–Kier alpha value is -0.370. The van der Waals surface area contributed by atoms with Crippen LogP contribution in [0.5, 0.6) is 0 Å². The highest BCUT2D eigenvalue weighted by molar-refractivity contribution is 7.89. The second-order valence-electron chi connectivity index (χ2n) is 4.87. The number of amides is 1. The number of hydrogen-bond acceptors (Lipinski definition) is 4. The summed E-state index contributed by atoms with van der Waals surface area (Å²) in [6.07, 6.45) is 3.61. The van der Waals surface area contributed by atoms with Gasteiger partial charge < -0.3 is 11.1 Å². The zero-order valence-corrected chi connectivity index (χ0v) is 13.6. The van der Waals surface area contributed by atoms with Crippen molar-refractivity contribution < 1.29 is 13.2 Å². The lowest BCUT2D eigenvalue weighted by atomic mass is 10.0. The molecule has 1 heterocycles. The minimum Gasteiger partial charge on any atom is -0.355 e. The van der Waals surface area contributed by atoms with E-state index in [0.29, 0.717) is 38.9 Å². The number of carbonyl (C=O) groups is 1. The van der Waals surface area contributed by atoms with Crippen LogP contribution in [0.2, 0.25) is 0 Å². The van der Waals surface area contributed by atoms with Crippen LogP contribution in [0.4, 0.5) is 0 Å². The van der Waals surface area contributed by atoms with Gasteiger partial charge in [0.25, 0.3) is 0 Å². The van der Waals surface area contributed by atoms with E-state index in [-0.39, 0.29) is 24.1 Å². The van der Waals surface area contributed by atoms with Gasteiger partial charge in [-0.15, -0.1) is 12.4 Å². The van der Waals surface area contributed by atoms with E-state index in [0.717, 1.165) is 12.8 Å². The van der Waals surface area contributed by atoms with Gasteiger partial charge in [-0.3, -0.25) is 4.79 Å². The molecule has 1 saturated heterocycles. The van der Waals surface area contributed by atoms with Gasteiger partial charge in [0.05, 0.1) is 5.75 Å². The van der Waals surface area contributed by atoms with Gasteiger partial charge in [0.1, 0.15) is 6.04 Å². The molecule has 8 heteroatoms. The average molecular weight is 328 g/mol. The van der Waals surface area contributed by atoms with Crippen LogP contribution in [-0.2, 0) is 14.8 Å². The van der Waals surface area contributed by atoms with Gasteiger partial charge in [-0.05, 0) is 32.2 Å². The van der Waals surface area contributed by atoms with Crippen LogP contribution in [-0.4, -0.2) is 50.1 Å². The number of piperidine rings is 1. The van der Waals surface area contributed by atoms with Crippen LogP contribution in [0.3, 0.4) is 0 Å². The Balaban J connectivity index is 0.00000361. The van der Waals surface area contributed by atoms with E-state index in [4.69, 9.17) is 5.73 Å². The molecule has 0 bridgehead atoms. The number of carbonyl (C=O) groups excluding carboxylic acids is 1. The lowest BCUT2D eigenvalue weighted by Crippen LogP contribution is -2.52. The van der Waals surface area contributed by atoms with Crippen LogP contribution in [0.25, 0.3) is 0 Å².